The average Bonchev–Trinajstić information content (AvgIpc) is 2.07. The van der Waals surface area contributed by atoms with E-state index in [0.29, 0.717) is 12.2 Å². The Labute approximate surface area is 96.8 Å². The molecule has 0 aliphatic rings. The van der Waals surface area contributed by atoms with Crippen molar-refractivity contribution in [2.75, 3.05) is 6.61 Å². The SMILES string of the molecule is CCOC(=O)c1c[c]ccc1.[Cl-].[Zn]. The first-order chi connectivity index (χ1) is 5.34. The zero-order valence-corrected chi connectivity index (χ0v) is 11.1. The zero-order valence-electron chi connectivity index (χ0n) is 7.42. The molecule has 0 N–H and O–H groups in total. The van der Waals surface area contributed by atoms with Crippen LogP contribution in [0.4, 0.5) is 0 Å². The minimum Gasteiger partial charge on any atom is -1.00 e. The van der Waals surface area contributed by atoms with Gasteiger partial charge in [0, 0.05) is 19.5 Å². The summed E-state index contributed by atoms with van der Waals surface area (Å²) in [5.41, 5.74) is 0.550. The van der Waals surface area contributed by atoms with Gasteiger partial charge in [0.2, 0.25) is 0 Å². The Hall–Kier alpha value is -0.397. The summed E-state index contributed by atoms with van der Waals surface area (Å²) in [6.07, 6.45) is 0. The minimum absolute atomic E-state index is 0. The van der Waals surface area contributed by atoms with E-state index in [0.717, 1.165) is 0 Å². The fourth-order valence-electron chi connectivity index (χ4n) is 0.735. The molecule has 0 aliphatic heterocycles. The van der Waals surface area contributed by atoms with E-state index < -0.39 is 0 Å². The smallest absolute Gasteiger partial charge is 0.338 e. The van der Waals surface area contributed by atoms with E-state index in [1.807, 2.05) is 0 Å². The van der Waals surface area contributed by atoms with Gasteiger partial charge in [0.15, 0.2) is 0 Å². The molecule has 0 amide bonds. The number of halogens is 1. The summed E-state index contributed by atoms with van der Waals surface area (Å²) in [7, 11) is 0. The molecule has 13 heavy (non-hydrogen) atoms. The molecule has 4 heteroatoms. The first-order valence-corrected chi connectivity index (χ1v) is 3.48. The van der Waals surface area contributed by atoms with Crippen molar-refractivity contribution in [2.45, 2.75) is 6.92 Å². The molecular weight excluding hydrogens is 241 g/mol. The Balaban J connectivity index is 0. The van der Waals surface area contributed by atoms with E-state index >= 15 is 0 Å². The van der Waals surface area contributed by atoms with Crippen molar-refractivity contribution >= 4 is 5.97 Å². The van der Waals surface area contributed by atoms with Gasteiger partial charge in [0.25, 0.3) is 0 Å². The molecule has 0 atom stereocenters. The molecule has 0 unspecified atom stereocenters. The normalized spacial score (nSPS) is 7.77. The number of carbonyl (C=O) groups excluding carboxylic acids is 1. The van der Waals surface area contributed by atoms with Gasteiger partial charge >= 0.3 is 5.97 Å². The summed E-state index contributed by atoms with van der Waals surface area (Å²) in [6.45, 7) is 2.19. The quantitative estimate of drug-likeness (QED) is 0.480. The molecule has 2 nitrogen and oxygen atoms in total. The first-order valence-electron chi connectivity index (χ1n) is 3.48. The molecular formula is C9H9ClO2Zn-. The Morgan fingerprint density at radius 3 is 2.77 bits per heavy atom. The fourth-order valence-corrected chi connectivity index (χ4v) is 0.735. The molecule has 1 aromatic carbocycles. The van der Waals surface area contributed by atoms with Gasteiger partial charge in [-0.3, -0.25) is 0 Å². The second-order valence-electron chi connectivity index (χ2n) is 2.01. The van der Waals surface area contributed by atoms with Crippen molar-refractivity contribution in [2.24, 2.45) is 0 Å². The second kappa shape index (κ2) is 8.21. The van der Waals surface area contributed by atoms with Gasteiger partial charge in [0.1, 0.15) is 0 Å². The monoisotopic (exact) mass is 248 g/mol. The van der Waals surface area contributed by atoms with Crippen LogP contribution in [0, 0.1) is 6.07 Å². The number of rotatable bonds is 2. The van der Waals surface area contributed by atoms with Crippen LogP contribution in [-0.4, -0.2) is 12.6 Å². The molecule has 0 heterocycles. The maximum atomic E-state index is 11.0. The van der Waals surface area contributed by atoms with Gasteiger partial charge in [-0.25, -0.2) is 4.79 Å². The van der Waals surface area contributed by atoms with Gasteiger partial charge in [-0.05, 0) is 25.1 Å². The molecule has 0 aliphatic carbocycles. The van der Waals surface area contributed by atoms with Crippen LogP contribution in [-0.2, 0) is 24.2 Å². The van der Waals surface area contributed by atoms with Gasteiger partial charge in [0.05, 0.1) is 12.2 Å². The van der Waals surface area contributed by atoms with E-state index in [1.165, 1.54) is 0 Å². The average molecular weight is 250 g/mol. The maximum absolute atomic E-state index is 11.0. The van der Waals surface area contributed by atoms with Gasteiger partial charge < -0.3 is 17.1 Å². The largest absolute Gasteiger partial charge is 1.00 e. The summed E-state index contributed by atoms with van der Waals surface area (Å²) in [6, 6.07) is 9.61. The van der Waals surface area contributed by atoms with Crippen LogP contribution in [0.1, 0.15) is 17.3 Å². The number of ether oxygens (including phenoxy) is 1. The Kier molecular flexibility index (Phi) is 9.54. The summed E-state index contributed by atoms with van der Waals surface area (Å²) in [5.74, 6) is -0.288. The molecule has 0 bridgehead atoms. The van der Waals surface area contributed by atoms with Crippen LogP contribution >= 0.6 is 0 Å². The van der Waals surface area contributed by atoms with Gasteiger partial charge in [-0.2, -0.15) is 0 Å². The fraction of sp³-hybridized carbons (Fsp3) is 0.222. The topological polar surface area (TPSA) is 26.3 Å². The first kappa shape index (κ1) is 15.1. The van der Waals surface area contributed by atoms with Crippen LogP contribution in [0.25, 0.3) is 0 Å². The van der Waals surface area contributed by atoms with Crippen molar-refractivity contribution in [3.63, 3.8) is 0 Å². The summed E-state index contributed by atoms with van der Waals surface area (Å²) in [4.78, 5) is 11.0. The van der Waals surface area contributed by atoms with Crippen molar-refractivity contribution in [1.82, 2.24) is 0 Å². The minimum atomic E-state index is -0.288. The number of benzene rings is 1. The Morgan fingerprint density at radius 2 is 2.31 bits per heavy atom. The molecule has 1 rings (SSSR count). The molecule has 1 aromatic rings. The van der Waals surface area contributed by atoms with E-state index in [2.05, 4.69) is 6.07 Å². The molecule has 0 spiro atoms. The third-order valence-corrected chi connectivity index (χ3v) is 1.22. The van der Waals surface area contributed by atoms with E-state index in [-0.39, 0.29) is 37.9 Å². The zero-order chi connectivity index (χ0) is 8.10. The van der Waals surface area contributed by atoms with E-state index in [1.54, 1.807) is 31.2 Å². The molecule has 0 saturated carbocycles. The number of hydrogen-bond acceptors (Lipinski definition) is 2. The van der Waals surface area contributed by atoms with Crippen LogP contribution in [0.5, 0.6) is 0 Å². The van der Waals surface area contributed by atoms with Crippen LogP contribution in [0.15, 0.2) is 24.3 Å². The van der Waals surface area contributed by atoms with Crippen LogP contribution in [0.3, 0.4) is 0 Å². The van der Waals surface area contributed by atoms with Gasteiger partial charge in [-0.1, -0.05) is 12.1 Å². The van der Waals surface area contributed by atoms with Crippen molar-refractivity contribution < 1.29 is 41.4 Å². The third-order valence-electron chi connectivity index (χ3n) is 1.22. The molecule has 0 fully saturated rings. The maximum Gasteiger partial charge on any atom is 0.338 e. The molecule has 0 aromatic heterocycles. The van der Waals surface area contributed by atoms with Gasteiger partial charge in [-0.15, -0.1) is 0 Å². The number of hydrogen-bond donors (Lipinski definition) is 0. The van der Waals surface area contributed by atoms with Crippen LogP contribution in [0.2, 0.25) is 0 Å². The summed E-state index contributed by atoms with van der Waals surface area (Å²) < 4.78 is 4.77. The number of carbonyl (C=O) groups is 1. The standard InChI is InChI=1S/C9H9O2.ClH.Zn/c1-2-11-9(10)8-6-4-3-5-7-8;;/h3-4,6-7H,2H2,1H3;1H;/p-1. The third kappa shape index (κ3) is 5.02. The van der Waals surface area contributed by atoms with Crippen LogP contribution < -0.4 is 12.4 Å². The Bertz CT molecular complexity index is 239. The number of esters is 1. The van der Waals surface area contributed by atoms with Crippen molar-refractivity contribution in [3.05, 3.63) is 35.9 Å². The predicted octanol–water partition coefficient (Wildman–Crippen LogP) is -1.34. The van der Waals surface area contributed by atoms with Crippen molar-refractivity contribution in [1.29, 1.82) is 0 Å². The van der Waals surface area contributed by atoms with E-state index in [9.17, 15) is 4.79 Å². The Morgan fingerprint density at radius 1 is 1.62 bits per heavy atom. The van der Waals surface area contributed by atoms with Crippen molar-refractivity contribution in [3.8, 4) is 0 Å². The molecule has 67 valence electrons. The predicted molar refractivity (Wildman–Crippen MR) is 41.2 cm³/mol. The molecule has 0 saturated heterocycles. The second-order valence-corrected chi connectivity index (χ2v) is 2.01. The molecule has 1 radical (unpaired) electrons. The van der Waals surface area contributed by atoms with E-state index in [4.69, 9.17) is 4.74 Å². The summed E-state index contributed by atoms with van der Waals surface area (Å²) in [5, 5.41) is 0. The summed E-state index contributed by atoms with van der Waals surface area (Å²) >= 11 is 0.